The fourth-order valence-electron chi connectivity index (χ4n) is 2.93. The third-order valence-corrected chi connectivity index (χ3v) is 4.53. The van der Waals surface area contributed by atoms with E-state index in [0.717, 1.165) is 32.1 Å². The molecule has 0 saturated carbocycles. The lowest BCUT2D eigenvalue weighted by Gasteiger charge is -2.32. The van der Waals surface area contributed by atoms with Crippen molar-refractivity contribution in [3.05, 3.63) is 35.4 Å². The monoisotopic (exact) mass is 301 g/mol. The summed E-state index contributed by atoms with van der Waals surface area (Å²) in [6, 6.07) is 8.98. The summed E-state index contributed by atoms with van der Waals surface area (Å²) in [5.41, 5.74) is 2.72. The Morgan fingerprint density at radius 1 is 0.955 bits per heavy atom. The highest BCUT2D eigenvalue weighted by Crippen LogP contribution is 2.10. The van der Waals surface area contributed by atoms with Gasteiger partial charge in [0.15, 0.2) is 5.96 Å². The minimum absolute atomic E-state index is 0.845. The smallest absolute Gasteiger partial charge is 0.194 e. The molecule has 1 aromatic rings. The summed E-state index contributed by atoms with van der Waals surface area (Å²) < 4.78 is 0. The number of guanidine groups is 1. The van der Waals surface area contributed by atoms with E-state index >= 15 is 0 Å². The van der Waals surface area contributed by atoms with Gasteiger partial charge in [0.2, 0.25) is 0 Å². The third-order valence-electron chi connectivity index (χ3n) is 4.53. The first-order chi connectivity index (χ1) is 10.7. The van der Waals surface area contributed by atoms with Crippen molar-refractivity contribution in [3.63, 3.8) is 0 Å². The van der Waals surface area contributed by atoms with E-state index in [4.69, 9.17) is 0 Å². The third kappa shape index (κ3) is 3.99. The van der Waals surface area contributed by atoms with Crippen LogP contribution in [0.1, 0.15) is 11.1 Å². The van der Waals surface area contributed by atoms with E-state index in [1.807, 2.05) is 0 Å². The minimum atomic E-state index is 0.845. The molecule has 0 radical (unpaired) electrons. The van der Waals surface area contributed by atoms with E-state index in [0.29, 0.717) is 0 Å². The van der Waals surface area contributed by atoms with Gasteiger partial charge in [0.1, 0.15) is 0 Å². The summed E-state index contributed by atoms with van der Waals surface area (Å²) in [5, 5.41) is 3.41. The van der Waals surface area contributed by atoms with Crippen LogP contribution in [0, 0.1) is 0 Å². The van der Waals surface area contributed by atoms with Crippen LogP contribution in [0.3, 0.4) is 0 Å². The van der Waals surface area contributed by atoms with Crippen LogP contribution < -0.4 is 5.32 Å². The lowest BCUT2D eigenvalue weighted by Crippen LogP contribution is -2.43. The molecule has 0 spiro atoms. The summed E-state index contributed by atoms with van der Waals surface area (Å²) >= 11 is 0. The highest BCUT2D eigenvalue weighted by molar-refractivity contribution is 5.81. The molecule has 2 heterocycles. The number of nitrogens with one attached hydrogen (secondary N) is 1. The molecule has 5 heteroatoms. The number of likely N-dealkylation sites (N-methyl/N-ethyl adjacent to an activating group) is 2. The van der Waals surface area contributed by atoms with Crippen LogP contribution in [-0.4, -0.2) is 74.0 Å². The van der Waals surface area contributed by atoms with Crippen LogP contribution in [0.5, 0.6) is 0 Å². The summed E-state index contributed by atoms with van der Waals surface area (Å²) in [5.74, 6) is 1.02. The van der Waals surface area contributed by atoms with Gasteiger partial charge in [-0.05, 0) is 18.2 Å². The van der Waals surface area contributed by atoms with Gasteiger partial charge in [-0.1, -0.05) is 24.3 Å². The number of rotatable bonds is 4. The van der Waals surface area contributed by atoms with Crippen LogP contribution in [0.25, 0.3) is 0 Å². The highest BCUT2D eigenvalue weighted by Gasteiger charge is 2.14. The second-order valence-corrected chi connectivity index (χ2v) is 6.38. The van der Waals surface area contributed by atoms with Crippen molar-refractivity contribution in [2.75, 3.05) is 53.4 Å². The predicted octanol–water partition coefficient (Wildman–Crippen LogP) is 0.825. The second kappa shape index (κ2) is 7.11. The van der Waals surface area contributed by atoms with Crippen LogP contribution >= 0.6 is 0 Å². The Labute approximate surface area is 133 Å². The van der Waals surface area contributed by atoms with Gasteiger partial charge in [0.05, 0.1) is 6.54 Å². The molecule has 0 atom stereocenters. The second-order valence-electron chi connectivity index (χ2n) is 6.38. The van der Waals surface area contributed by atoms with E-state index in [-0.39, 0.29) is 0 Å². The Hall–Kier alpha value is -1.59. The van der Waals surface area contributed by atoms with E-state index in [1.165, 1.54) is 37.3 Å². The first kappa shape index (κ1) is 15.3. The summed E-state index contributed by atoms with van der Waals surface area (Å²) in [7, 11) is 4.28. The molecule has 3 rings (SSSR count). The molecule has 0 bridgehead atoms. The van der Waals surface area contributed by atoms with Gasteiger partial charge in [0.25, 0.3) is 0 Å². The van der Waals surface area contributed by atoms with Gasteiger partial charge >= 0.3 is 0 Å². The number of nitrogens with zero attached hydrogens (tertiary/aromatic N) is 4. The zero-order valence-electron chi connectivity index (χ0n) is 13.8. The van der Waals surface area contributed by atoms with Gasteiger partial charge in [-0.25, -0.2) is 0 Å². The Morgan fingerprint density at radius 3 is 2.27 bits per heavy atom. The molecule has 2 aliphatic heterocycles. The molecule has 2 aliphatic rings. The molecule has 5 nitrogen and oxygen atoms in total. The van der Waals surface area contributed by atoms with Gasteiger partial charge < -0.3 is 15.1 Å². The average Bonchev–Trinajstić information content (AvgIpc) is 2.94. The molecule has 1 N–H and O–H groups in total. The molecule has 1 saturated heterocycles. The Balaban J connectivity index is 1.47. The Bertz CT molecular complexity index is 502. The van der Waals surface area contributed by atoms with Crippen LogP contribution in [0.4, 0.5) is 0 Å². The number of piperazine rings is 1. The van der Waals surface area contributed by atoms with Gasteiger partial charge in [-0.15, -0.1) is 0 Å². The molecule has 1 aromatic carbocycles. The predicted molar refractivity (Wildman–Crippen MR) is 91.0 cm³/mol. The van der Waals surface area contributed by atoms with E-state index in [9.17, 15) is 0 Å². The van der Waals surface area contributed by atoms with Crippen molar-refractivity contribution < 1.29 is 0 Å². The number of hydrogen-bond acceptors (Lipinski definition) is 5. The zero-order valence-corrected chi connectivity index (χ0v) is 13.8. The SMILES string of the molecule is CN1CCN(Cc2ccc(CNC3=NCCN3C)cc2)CC1. The number of hydrogen-bond donors (Lipinski definition) is 1. The van der Waals surface area contributed by atoms with Crippen molar-refractivity contribution in [1.29, 1.82) is 0 Å². The molecule has 0 aromatic heterocycles. The van der Waals surface area contributed by atoms with Crippen molar-refractivity contribution in [1.82, 2.24) is 20.0 Å². The fourth-order valence-corrected chi connectivity index (χ4v) is 2.93. The summed E-state index contributed by atoms with van der Waals surface area (Å²) in [4.78, 5) is 11.6. The molecular weight excluding hydrogens is 274 g/mol. The summed E-state index contributed by atoms with van der Waals surface area (Å²) in [6.45, 7) is 8.54. The fraction of sp³-hybridized carbons (Fsp3) is 0.588. The maximum absolute atomic E-state index is 4.45. The standard InChI is InChI=1S/C17H27N5/c1-20-9-11-22(12-10-20)14-16-5-3-15(4-6-16)13-19-17-18-7-8-21(17)2/h3-6H,7-14H2,1-2H3,(H,18,19). The quantitative estimate of drug-likeness (QED) is 0.893. The van der Waals surface area contributed by atoms with Crippen molar-refractivity contribution in [3.8, 4) is 0 Å². The molecule has 0 unspecified atom stereocenters. The molecule has 1 fully saturated rings. The molecule has 120 valence electrons. The molecule has 22 heavy (non-hydrogen) atoms. The van der Waals surface area contributed by atoms with Gasteiger partial charge in [-0.2, -0.15) is 0 Å². The van der Waals surface area contributed by atoms with E-state index in [1.54, 1.807) is 0 Å². The topological polar surface area (TPSA) is 34.1 Å². The van der Waals surface area contributed by atoms with Gasteiger partial charge in [0, 0.05) is 52.9 Å². The number of aliphatic imine (C=N–C) groups is 1. The first-order valence-electron chi connectivity index (χ1n) is 8.19. The van der Waals surface area contributed by atoms with E-state index in [2.05, 4.69) is 63.4 Å². The lowest BCUT2D eigenvalue weighted by atomic mass is 10.1. The first-order valence-corrected chi connectivity index (χ1v) is 8.19. The number of benzene rings is 1. The molecule has 0 amide bonds. The van der Waals surface area contributed by atoms with Crippen molar-refractivity contribution in [2.45, 2.75) is 13.1 Å². The largest absolute Gasteiger partial charge is 0.352 e. The van der Waals surface area contributed by atoms with E-state index < -0.39 is 0 Å². The van der Waals surface area contributed by atoms with Gasteiger partial charge in [-0.3, -0.25) is 9.89 Å². The van der Waals surface area contributed by atoms with Crippen LogP contribution in [0.2, 0.25) is 0 Å². The average molecular weight is 301 g/mol. The Morgan fingerprint density at radius 2 is 1.64 bits per heavy atom. The molecular formula is C17H27N5. The normalized spacial score (nSPS) is 20.3. The summed E-state index contributed by atoms with van der Waals surface area (Å²) in [6.07, 6.45) is 0. The van der Waals surface area contributed by atoms with Crippen LogP contribution in [0.15, 0.2) is 29.3 Å². The minimum Gasteiger partial charge on any atom is -0.352 e. The zero-order chi connectivity index (χ0) is 15.4. The molecule has 0 aliphatic carbocycles. The maximum Gasteiger partial charge on any atom is 0.194 e. The maximum atomic E-state index is 4.45. The Kier molecular flexibility index (Phi) is 4.95. The highest BCUT2D eigenvalue weighted by atomic mass is 15.3. The van der Waals surface area contributed by atoms with Crippen LogP contribution in [-0.2, 0) is 13.1 Å². The van der Waals surface area contributed by atoms with Crippen molar-refractivity contribution in [2.24, 2.45) is 4.99 Å². The van der Waals surface area contributed by atoms with Crippen molar-refractivity contribution >= 4 is 5.96 Å². The lowest BCUT2D eigenvalue weighted by molar-refractivity contribution is 0.148.